The lowest BCUT2D eigenvalue weighted by Crippen LogP contribution is -2.36. The first-order valence-corrected chi connectivity index (χ1v) is 13.0. The fraction of sp³-hybridized carbons (Fsp3) is 0.269. The molecule has 0 radical (unpaired) electrons. The fourth-order valence-electron chi connectivity index (χ4n) is 4.30. The van der Waals surface area contributed by atoms with Crippen LogP contribution in [0.15, 0.2) is 77.7 Å². The van der Waals surface area contributed by atoms with Crippen LogP contribution in [0.4, 0.5) is 5.69 Å². The number of ether oxygens (including phenoxy) is 2. The molecule has 2 N–H and O–H groups in total. The summed E-state index contributed by atoms with van der Waals surface area (Å²) in [6.45, 7) is 3.41. The molecule has 3 aromatic carbocycles. The van der Waals surface area contributed by atoms with Crippen LogP contribution in [-0.4, -0.2) is 51.6 Å². The van der Waals surface area contributed by atoms with Gasteiger partial charge in [0.25, 0.3) is 15.9 Å². The van der Waals surface area contributed by atoms with Crippen LogP contribution in [0.1, 0.15) is 22.3 Å². The highest BCUT2D eigenvalue weighted by Gasteiger charge is 2.24. The van der Waals surface area contributed by atoms with E-state index in [1.165, 1.54) is 17.7 Å². The maximum atomic E-state index is 12.8. The van der Waals surface area contributed by atoms with Crippen molar-refractivity contribution < 1.29 is 22.7 Å². The average molecular weight is 494 g/mol. The zero-order valence-electron chi connectivity index (χ0n) is 19.1. The number of carbonyl (C=O) groups is 1. The molecule has 2 heterocycles. The molecular weight excluding hydrogens is 466 g/mol. The smallest absolute Gasteiger partial charge is 0.262 e. The number of hydrogen-bond acceptors (Lipinski definition) is 6. The standard InChI is InChI=1S/C26H27N3O5S/c30-26(27-22-12-13-29(18-22)17-19-4-2-1-3-5-19)20-6-8-21(9-7-20)28-35(31,32)23-10-11-24-25(16-23)34-15-14-33-24/h1-11,16,22,28H,12-15,17-18H2,(H,27,30)/t22-/m0/s1. The quantitative estimate of drug-likeness (QED) is 0.525. The van der Waals surface area contributed by atoms with Gasteiger partial charge >= 0.3 is 0 Å². The highest BCUT2D eigenvalue weighted by atomic mass is 32.2. The Bertz CT molecular complexity index is 1300. The van der Waals surface area contributed by atoms with Crippen molar-refractivity contribution in [3.05, 3.63) is 83.9 Å². The van der Waals surface area contributed by atoms with E-state index in [1.807, 2.05) is 18.2 Å². The summed E-state index contributed by atoms with van der Waals surface area (Å²) in [5.74, 6) is 0.759. The third-order valence-corrected chi connectivity index (χ3v) is 7.46. The Morgan fingerprint density at radius 1 is 0.943 bits per heavy atom. The summed E-state index contributed by atoms with van der Waals surface area (Å²) in [6, 6.07) is 21.3. The predicted molar refractivity (Wildman–Crippen MR) is 132 cm³/mol. The number of carbonyl (C=O) groups excluding carboxylic acids is 1. The number of likely N-dealkylation sites (tertiary alicyclic amines) is 1. The van der Waals surface area contributed by atoms with Gasteiger partial charge in [-0.15, -0.1) is 0 Å². The van der Waals surface area contributed by atoms with E-state index in [-0.39, 0.29) is 16.8 Å². The Hall–Kier alpha value is -3.56. The minimum absolute atomic E-state index is 0.0739. The van der Waals surface area contributed by atoms with Gasteiger partial charge in [0.1, 0.15) is 13.2 Å². The number of sulfonamides is 1. The van der Waals surface area contributed by atoms with Crippen molar-refractivity contribution in [2.45, 2.75) is 23.9 Å². The van der Waals surface area contributed by atoms with Crippen molar-refractivity contribution in [3.63, 3.8) is 0 Å². The monoisotopic (exact) mass is 493 g/mol. The molecule has 2 aliphatic heterocycles. The molecule has 0 unspecified atom stereocenters. The largest absolute Gasteiger partial charge is 0.486 e. The molecule has 3 aromatic rings. The molecule has 2 aliphatic rings. The molecule has 5 rings (SSSR count). The lowest BCUT2D eigenvalue weighted by Gasteiger charge is -2.19. The summed E-state index contributed by atoms with van der Waals surface area (Å²) < 4.78 is 39.1. The van der Waals surface area contributed by atoms with E-state index in [4.69, 9.17) is 9.47 Å². The SMILES string of the molecule is O=C(N[C@H]1CCN(Cc2ccccc2)C1)c1ccc(NS(=O)(=O)c2ccc3c(c2)OCCO3)cc1. The maximum Gasteiger partial charge on any atom is 0.262 e. The van der Waals surface area contributed by atoms with Gasteiger partial charge in [-0.05, 0) is 48.4 Å². The molecule has 1 fully saturated rings. The second-order valence-electron chi connectivity index (χ2n) is 8.67. The van der Waals surface area contributed by atoms with Crippen LogP contribution in [-0.2, 0) is 16.6 Å². The lowest BCUT2D eigenvalue weighted by atomic mass is 10.1. The van der Waals surface area contributed by atoms with Crippen molar-refractivity contribution >= 4 is 21.6 Å². The lowest BCUT2D eigenvalue weighted by molar-refractivity contribution is 0.0937. The minimum Gasteiger partial charge on any atom is -0.486 e. The minimum atomic E-state index is -3.82. The molecule has 9 heteroatoms. The first-order valence-electron chi connectivity index (χ1n) is 11.6. The highest BCUT2D eigenvalue weighted by molar-refractivity contribution is 7.92. The summed E-state index contributed by atoms with van der Waals surface area (Å²) in [5, 5.41) is 3.09. The van der Waals surface area contributed by atoms with Crippen molar-refractivity contribution in [2.24, 2.45) is 0 Å². The molecule has 0 spiro atoms. The van der Waals surface area contributed by atoms with E-state index in [0.717, 1.165) is 26.1 Å². The Labute approximate surface area is 204 Å². The van der Waals surface area contributed by atoms with Crippen LogP contribution < -0.4 is 19.5 Å². The van der Waals surface area contributed by atoms with Gasteiger partial charge in [0.2, 0.25) is 0 Å². The van der Waals surface area contributed by atoms with E-state index in [9.17, 15) is 13.2 Å². The van der Waals surface area contributed by atoms with Gasteiger partial charge in [-0.25, -0.2) is 8.42 Å². The number of hydrogen-bond donors (Lipinski definition) is 2. The van der Waals surface area contributed by atoms with Crippen molar-refractivity contribution in [3.8, 4) is 11.5 Å². The van der Waals surface area contributed by atoms with E-state index in [2.05, 4.69) is 27.1 Å². The summed E-state index contributed by atoms with van der Waals surface area (Å²) >= 11 is 0. The van der Waals surface area contributed by atoms with Crippen LogP contribution in [0.5, 0.6) is 11.5 Å². The van der Waals surface area contributed by atoms with E-state index >= 15 is 0 Å². The van der Waals surface area contributed by atoms with Gasteiger partial charge in [-0.2, -0.15) is 0 Å². The summed E-state index contributed by atoms with van der Waals surface area (Å²) in [4.78, 5) is 15.1. The van der Waals surface area contributed by atoms with Crippen LogP contribution in [0.25, 0.3) is 0 Å². The van der Waals surface area contributed by atoms with Crippen LogP contribution in [0, 0.1) is 0 Å². The Morgan fingerprint density at radius 2 is 1.69 bits per heavy atom. The predicted octanol–water partition coefficient (Wildman–Crippen LogP) is 3.26. The second-order valence-corrected chi connectivity index (χ2v) is 10.4. The number of nitrogens with zero attached hydrogens (tertiary/aromatic N) is 1. The molecule has 1 amide bonds. The highest BCUT2D eigenvalue weighted by Crippen LogP contribution is 2.32. The summed E-state index contributed by atoms with van der Waals surface area (Å²) in [7, 11) is -3.82. The molecule has 0 aliphatic carbocycles. The molecule has 8 nitrogen and oxygen atoms in total. The number of anilines is 1. The zero-order valence-corrected chi connectivity index (χ0v) is 20.0. The zero-order chi connectivity index (χ0) is 24.3. The Morgan fingerprint density at radius 3 is 2.46 bits per heavy atom. The van der Waals surface area contributed by atoms with E-state index < -0.39 is 10.0 Å². The molecule has 0 aromatic heterocycles. The molecular formula is C26H27N3O5S. The van der Waals surface area contributed by atoms with Crippen molar-refractivity contribution in [1.29, 1.82) is 0 Å². The Kier molecular flexibility index (Phi) is 6.61. The topological polar surface area (TPSA) is 97.0 Å². The third-order valence-electron chi connectivity index (χ3n) is 6.08. The molecule has 1 saturated heterocycles. The second kappa shape index (κ2) is 9.97. The molecule has 0 bridgehead atoms. The van der Waals surface area contributed by atoms with Crippen molar-refractivity contribution in [1.82, 2.24) is 10.2 Å². The van der Waals surface area contributed by atoms with E-state index in [0.29, 0.717) is 36.0 Å². The summed E-state index contributed by atoms with van der Waals surface area (Å²) in [5.41, 5.74) is 2.11. The van der Waals surface area contributed by atoms with Gasteiger partial charge in [0.15, 0.2) is 11.5 Å². The third kappa shape index (κ3) is 5.58. The molecule has 0 saturated carbocycles. The van der Waals surface area contributed by atoms with Gasteiger partial charge in [0.05, 0.1) is 4.90 Å². The Balaban J connectivity index is 1.17. The average Bonchev–Trinajstić information content (AvgIpc) is 3.31. The first-order chi connectivity index (χ1) is 17.0. The number of rotatable bonds is 7. The van der Waals surface area contributed by atoms with Gasteiger partial charge in [0, 0.05) is 43.0 Å². The number of benzene rings is 3. The van der Waals surface area contributed by atoms with Gasteiger partial charge in [-0.1, -0.05) is 30.3 Å². The fourth-order valence-corrected chi connectivity index (χ4v) is 5.37. The maximum absolute atomic E-state index is 12.8. The molecule has 35 heavy (non-hydrogen) atoms. The van der Waals surface area contributed by atoms with Crippen LogP contribution in [0.2, 0.25) is 0 Å². The number of amides is 1. The summed E-state index contributed by atoms with van der Waals surface area (Å²) in [6.07, 6.45) is 0.895. The van der Waals surface area contributed by atoms with Crippen LogP contribution in [0.3, 0.4) is 0 Å². The van der Waals surface area contributed by atoms with Gasteiger partial charge in [-0.3, -0.25) is 14.4 Å². The number of nitrogens with one attached hydrogen (secondary N) is 2. The van der Waals surface area contributed by atoms with Crippen molar-refractivity contribution in [2.75, 3.05) is 31.0 Å². The first kappa shape index (κ1) is 23.2. The normalized spacial score (nSPS) is 17.7. The van der Waals surface area contributed by atoms with Gasteiger partial charge < -0.3 is 14.8 Å². The van der Waals surface area contributed by atoms with Crippen LogP contribution >= 0.6 is 0 Å². The van der Waals surface area contributed by atoms with E-state index in [1.54, 1.807) is 30.3 Å². The molecule has 182 valence electrons. The number of fused-ring (bicyclic) bond motifs is 1. The molecule has 1 atom stereocenters.